The van der Waals surface area contributed by atoms with E-state index in [1.807, 2.05) is 0 Å². The predicted molar refractivity (Wildman–Crippen MR) is 67.4 cm³/mol. The summed E-state index contributed by atoms with van der Waals surface area (Å²) in [6, 6.07) is 0.537. The fraction of sp³-hybridized carbons (Fsp3) is 1.00. The standard InChI is InChI=1S/C12H25N3O2/c1-16-11-12-10-13-2-3-15(12)5-4-14-6-8-17-9-7-14/h12-13H,2-11H2,1H3. The van der Waals surface area contributed by atoms with E-state index in [1.165, 1.54) is 0 Å². The van der Waals surface area contributed by atoms with Crippen LogP contribution in [0.3, 0.4) is 0 Å². The van der Waals surface area contributed by atoms with Crippen molar-refractivity contribution >= 4 is 0 Å². The third-order valence-corrected chi connectivity index (χ3v) is 3.64. The summed E-state index contributed by atoms with van der Waals surface area (Å²) in [6.07, 6.45) is 0. The van der Waals surface area contributed by atoms with Gasteiger partial charge in [-0.15, -0.1) is 0 Å². The van der Waals surface area contributed by atoms with Gasteiger partial charge >= 0.3 is 0 Å². The summed E-state index contributed by atoms with van der Waals surface area (Å²) in [7, 11) is 1.79. The van der Waals surface area contributed by atoms with Gasteiger partial charge in [0.1, 0.15) is 0 Å². The first-order valence-corrected chi connectivity index (χ1v) is 6.64. The summed E-state index contributed by atoms with van der Waals surface area (Å²) in [4.78, 5) is 5.05. The van der Waals surface area contributed by atoms with E-state index < -0.39 is 0 Å². The molecule has 2 heterocycles. The Kier molecular flexibility index (Phi) is 5.67. The molecule has 2 fully saturated rings. The number of hydrogen-bond acceptors (Lipinski definition) is 5. The SMILES string of the molecule is COCC1CNCCN1CCN1CCOCC1. The van der Waals surface area contributed by atoms with Crippen molar-refractivity contribution in [2.75, 3.05) is 72.7 Å². The van der Waals surface area contributed by atoms with Gasteiger partial charge in [-0.05, 0) is 0 Å². The third kappa shape index (κ3) is 4.19. The fourth-order valence-electron chi connectivity index (χ4n) is 2.55. The van der Waals surface area contributed by atoms with Crippen molar-refractivity contribution in [1.29, 1.82) is 0 Å². The van der Waals surface area contributed by atoms with Crippen LogP contribution in [0.5, 0.6) is 0 Å². The molecule has 0 aromatic rings. The lowest BCUT2D eigenvalue weighted by Gasteiger charge is -2.37. The second-order valence-electron chi connectivity index (χ2n) is 4.80. The normalized spacial score (nSPS) is 28.4. The van der Waals surface area contributed by atoms with Crippen molar-refractivity contribution < 1.29 is 9.47 Å². The maximum Gasteiger partial charge on any atom is 0.0630 e. The summed E-state index contributed by atoms with van der Waals surface area (Å²) < 4.78 is 10.7. The Labute approximate surface area is 104 Å². The largest absolute Gasteiger partial charge is 0.383 e. The van der Waals surface area contributed by atoms with Crippen LogP contribution in [0.15, 0.2) is 0 Å². The van der Waals surface area contributed by atoms with Crippen LogP contribution in [-0.4, -0.2) is 88.6 Å². The fourth-order valence-corrected chi connectivity index (χ4v) is 2.55. The average molecular weight is 243 g/mol. The molecule has 2 aliphatic heterocycles. The van der Waals surface area contributed by atoms with E-state index in [0.29, 0.717) is 6.04 Å². The number of methoxy groups -OCH3 is 1. The molecule has 0 aromatic heterocycles. The zero-order valence-corrected chi connectivity index (χ0v) is 10.9. The van der Waals surface area contributed by atoms with E-state index in [0.717, 1.165) is 65.6 Å². The maximum atomic E-state index is 5.37. The molecule has 0 radical (unpaired) electrons. The minimum absolute atomic E-state index is 0.537. The lowest BCUT2D eigenvalue weighted by atomic mass is 10.2. The first kappa shape index (κ1) is 13.2. The van der Waals surface area contributed by atoms with Crippen molar-refractivity contribution in [3.05, 3.63) is 0 Å². The summed E-state index contributed by atoms with van der Waals surface area (Å²) in [5.41, 5.74) is 0. The molecule has 17 heavy (non-hydrogen) atoms. The molecule has 0 spiro atoms. The van der Waals surface area contributed by atoms with Gasteiger partial charge in [0.05, 0.1) is 19.8 Å². The number of piperazine rings is 1. The minimum atomic E-state index is 0.537. The number of hydrogen-bond donors (Lipinski definition) is 1. The number of nitrogens with zero attached hydrogens (tertiary/aromatic N) is 2. The zero-order chi connectivity index (χ0) is 11.9. The molecule has 2 rings (SSSR count). The summed E-state index contributed by atoms with van der Waals surface area (Å²) in [6.45, 7) is 10.4. The van der Waals surface area contributed by atoms with Gasteiger partial charge in [-0.25, -0.2) is 0 Å². The van der Waals surface area contributed by atoms with Gasteiger partial charge in [-0.3, -0.25) is 9.80 Å². The molecule has 0 aromatic carbocycles. The summed E-state index contributed by atoms with van der Waals surface area (Å²) >= 11 is 0. The molecule has 2 aliphatic rings. The highest BCUT2D eigenvalue weighted by atomic mass is 16.5. The Morgan fingerprint density at radius 3 is 2.82 bits per heavy atom. The van der Waals surface area contributed by atoms with Crippen molar-refractivity contribution in [3.8, 4) is 0 Å². The van der Waals surface area contributed by atoms with Gasteiger partial charge in [0.15, 0.2) is 0 Å². The topological polar surface area (TPSA) is 37.0 Å². The van der Waals surface area contributed by atoms with Crippen LogP contribution in [0.2, 0.25) is 0 Å². The quantitative estimate of drug-likeness (QED) is 0.687. The minimum Gasteiger partial charge on any atom is -0.383 e. The van der Waals surface area contributed by atoms with Crippen molar-refractivity contribution in [3.63, 3.8) is 0 Å². The Bertz CT molecular complexity index is 208. The lowest BCUT2D eigenvalue weighted by Crippen LogP contribution is -2.55. The van der Waals surface area contributed by atoms with Crippen molar-refractivity contribution in [2.45, 2.75) is 6.04 Å². The van der Waals surface area contributed by atoms with Crippen LogP contribution in [-0.2, 0) is 9.47 Å². The van der Waals surface area contributed by atoms with E-state index in [4.69, 9.17) is 9.47 Å². The first-order chi connectivity index (χ1) is 8.40. The van der Waals surface area contributed by atoms with Crippen LogP contribution in [0.25, 0.3) is 0 Å². The molecule has 1 unspecified atom stereocenters. The Morgan fingerprint density at radius 1 is 1.24 bits per heavy atom. The van der Waals surface area contributed by atoms with Crippen molar-refractivity contribution in [1.82, 2.24) is 15.1 Å². The maximum absolute atomic E-state index is 5.37. The third-order valence-electron chi connectivity index (χ3n) is 3.64. The smallest absolute Gasteiger partial charge is 0.0630 e. The number of morpholine rings is 1. The number of rotatable bonds is 5. The van der Waals surface area contributed by atoms with Crippen LogP contribution in [0.4, 0.5) is 0 Å². The molecule has 5 heteroatoms. The highest BCUT2D eigenvalue weighted by Crippen LogP contribution is 2.05. The monoisotopic (exact) mass is 243 g/mol. The molecular weight excluding hydrogens is 218 g/mol. The Morgan fingerprint density at radius 2 is 2.06 bits per heavy atom. The average Bonchev–Trinajstić information content (AvgIpc) is 2.39. The Balaban J connectivity index is 1.71. The highest BCUT2D eigenvalue weighted by molar-refractivity contribution is 4.80. The molecule has 0 saturated carbocycles. The summed E-state index contributed by atoms with van der Waals surface area (Å²) in [5, 5.41) is 3.43. The zero-order valence-electron chi connectivity index (χ0n) is 10.9. The molecular formula is C12H25N3O2. The molecule has 1 N–H and O–H groups in total. The van der Waals surface area contributed by atoms with Crippen LogP contribution >= 0.6 is 0 Å². The van der Waals surface area contributed by atoms with E-state index >= 15 is 0 Å². The first-order valence-electron chi connectivity index (χ1n) is 6.64. The van der Waals surface area contributed by atoms with Gasteiger partial charge in [0.25, 0.3) is 0 Å². The van der Waals surface area contributed by atoms with Gasteiger partial charge in [-0.2, -0.15) is 0 Å². The van der Waals surface area contributed by atoms with E-state index in [-0.39, 0.29) is 0 Å². The van der Waals surface area contributed by atoms with E-state index in [9.17, 15) is 0 Å². The van der Waals surface area contributed by atoms with Crippen molar-refractivity contribution in [2.24, 2.45) is 0 Å². The van der Waals surface area contributed by atoms with Crippen LogP contribution < -0.4 is 5.32 Å². The molecule has 1 atom stereocenters. The van der Waals surface area contributed by atoms with Crippen LogP contribution in [0, 0.1) is 0 Å². The molecule has 100 valence electrons. The summed E-state index contributed by atoms with van der Waals surface area (Å²) in [5.74, 6) is 0. The lowest BCUT2D eigenvalue weighted by molar-refractivity contribution is 0.0225. The predicted octanol–water partition coefficient (Wildman–Crippen LogP) is -0.761. The van der Waals surface area contributed by atoms with Gasteiger partial charge in [-0.1, -0.05) is 0 Å². The molecule has 0 aliphatic carbocycles. The van der Waals surface area contributed by atoms with E-state index in [1.54, 1.807) is 7.11 Å². The second-order valence-corrected chi connectivity index (χ2v) is 4.80. The molecule has 0 bridgehead atoms. The number of ether oxygens (including phenoxy) is 2. The highest BCUT2D eigenvalue weighted by Gasteiger charge is 2.22. The van der Waals surface area contributed by atoms with E-state index in [2.05, 4.69) is 15.1 Å². The molecule has 0 amide bonds. The van der Waals surface area contributed by atoms with Gasteiger partial charge < -0.3 is 14.8 Å². The Hall–Kier alpha value is -0.200. The van der Waals surface area contributed by atoms with Gasteiger partial charge in [0.2, 0.25) is 0 Å². The molecule has 2 saturated heterocycles. The molecule has 5 nitrogen and oxygen atoms in total. The van der Waals surface area contributed by atoms with Gasteiger partial charge in [0, 0.05) is 59.0 Å². The number of nitrogens with one attached hydrogen (secondary N) is 1. The van der Waals surface area contributed by atoms with Crippen LogP contribution in [0.1, 0.15) is 0 Å². The second kappa shape index (κ2) is 7.28.